The number of hydroxylamine groups is 1. The molecule has 1 aromatic carbocycles. The van der Waals surface area contributed by atoms with Crippen LogP contribution in [-0.2, 0) is 4.84 Å². The first kappa shape index (κ1) is 14.7. The van der Waals surface area contributed by atoms with Crippen molar-refractivity contribution in [2.24, 2.45) is 0 Å². The van der Waals surface area contributed by atoms with Crippen LogP contribution in [0.25, 0.3) is 0 Å². The lowest BCUT2D eigenvalue weighted by Crippen LogP contribution is -2.24. The van der Waals surface area contributed by atoms with Gasteiger partial charge in [0.25, 0.3) is 0 Å². The van der Waals surface area contributed by atoms with E-state index in [1.165, 1.54) is 19.3 Å². The molecular weight excluding hydrogens is 254 g/mol. The molecule has 0 saturated heterocycles. The summed E-state index contributed by atoms with van der Waals surface area (Å²) in [4.78, 5) is 5.22. The Balaban J connectivity index is 1.71. The van der Waals surface area contributed by atoms with Crippen molar-refractivity contribution in [1.29, 1.82) is 0 Å². The first-order chi connectivity index (χ1) is 9.78. The van der Waals surface area contributed by atoms with Gasteiger partial charge in [-0.05, 0) is 57.4 Å². The van der Waals surface area contributed by atoms with Crippen LogP contribution in [0.3, 0.4) is 0 Å². The Labute approximate surface area is 120 Å². The fraction of sp³-hybridized carbons (Fsp3) is 0.500. The van der Waals surface area contributed by atoms with Crippen molar-refractivity contribution in [1.82, 2.24) is 5.48 Å². The fourth-order valence-corrected chi connectivity index (χ4v) is 1.83. The van der Waals surface area contributed by atoms with E-state index in [1.807, 2.05) is 44.2 Å². The fourth-order valence-electron chi connectivity index (χ4n) is 1.83. The van der Waals surface area contributed by atoms with Gasteiger partial charge in [-0.25, -0.2) is 0 Å². The van der Waals surface area contributed by atoms with Gasteiger partial charge >= 0.3 is 0 Å². The Hall–Kier alpha value is -1.68. The number of rotatable bonds is 8. The molecule has 4 heteroatoms. The van der Waals surface area contributed by atoms with Crippen LogP contribution < -0.4 is 15.0 Å². The summed E-state index contributed by atoms with van der Waals surface area (Å²) in [5.74, 6) is 1.74. The summed E-state index contributed by atoms with van der Waals surface area (Å²) in [6.45, 7) is 4.37. The summed E-state index contributed by atoms with van der Waals surface area (Å²) in [7, 11) is 0. The van der Waals surface area contributed by atoms with Crippen LogP contribution in [0.15, 0.2) is 36.5 Å². The average molecular weight is 277 g/mol. The number of ether oxygens (including phenoxy) is 2. The summed E-state index contributed by atoms with van der Waals surface area (Å²) in [5.41, 5.74) is 2.71. The highest BCUT2D eigenvalue weighted by Gasteiger charge is 2.18. The van der Waals surface area contributed by atoms with E-state index < -0.39 is 0 Å². The standard InChI is InChI=1S/C16H23NO3/c1-3-11-17-18-12-13(2)19-15-7-9-16(10-8-15)20-14-5-4-6-14/h3,7-11,13-14,17H,4-6,12H2,1-2H3. The molecule has 1 N–H and O–H groups in total. The zero-order valence-electron chi connectivity index (χ0n) is 12.2. The number of nitrogens with one attached hydrogen (secondary N) is 1. The zero-order valence-corrected chi connectivity index (χ0v) is 12.2. The maximum atomic E-state index is 5.80. The van der Waals surface area contributed by atoms with E-state index in [0.29, 0.717) is 12.7 Å². The molecule has 1 fully saturated rings. The minimum absolute atomic E-state index is 0.0221. The largest absolute Gasteiger partial charge is 0.490 e. The first-order valence-corrected chi connectivity index (χ1v) is 7.20. The zero-order chi connectivity index (χ0) is 14.2. The average Bonchev–Trinajstić information content (AvgIpc) is 2.41. The van der Waals surface area contributed by atoms with Crippen molar-refractivity contribution < 1.29 is 14.3 Å². The molecule has 1 unspecified atom stereocenters. The van der Waals surface area contributed by atoms with Gasteiger partial charge in [-0.15, -0.1) is 0 Å². The summed E-state index contributed by atoms with van der Waals surface area (Å²) < 4.78 is 11.6. The molecule has 110 valence electrons. The third-order valence-corrected chi connectivity index (χ3v) is 3.15. The molecule has 1 atom stereocenters. The topological polar surface area (TPSA) is 39.7 Å². The molecule has 0 radical (unpaired) electrons. The first-order valence-electron chi connectivity index (χ1n) is 7.20. The van der Waals surface area contributed by atoms with Crippen molar-refractivity contribution in [3.8, 4) is 11.5 Å². The maximum Gasteiger partial charge on any atom is 0.122 e. The van der Waals surface area contributed by atoms with Gasteiger partial charge in [-0.2, -0.15) is 0 Å². The van der Waals surface area contributed by atoms with Crippen LogP contribution in [0.4, 0.5) is 0 Å². The molecule has 0 amide bonds. The van der Waals surface area contributed by atoms with Gasteiger partial charge in [0.05, 0.1) is 6.10 Å². The van der Waals surface area contributed by atoms with Crippen LogP contribution >= 0.6 is 0 Å². The van der Waals surface area contributed by atoms with Crippen molar-refractivity contribution in [2.75, 3.05) is 6.61 Å². The quantitative estimate of drug-likeness (QED) is 0.583. The second-order valence-electron chi connectivity index (χ2n) is 5.00. The summed E-state index contributed by atoms with van der Waals surface area (Å²) in [5, 5.41) is 0. The lowest BCUT2D eigenvalue weighted by atomic mass is 9.96. The minimum atomic E-state index is -0.0221. The maximum absolute atomic E-state index is 5.80. The van der Waals surface area contributed by atoms with E-state index in [2.05, 4.69) is 5.48 Å². The number of hydrogen-bond donors (Lipinski definition) is 1. The van der Waals surface area contributed by atoms with Crippen LogP contribution in [0, 0.1) is 0 Å². The SMILES string of the molecule is CC=CNOCC(C)Oc1ccc(OC2CCC2)cc1. The van der Waals surface area contributed by atoms with Gasteiger partial charge in [-0.1, -0.05) is 6.08 Å². The van der Waals surface area contributed by atoms with E-state index in [-0.39, 0.29) is 6.10 Å². The van der Waals surface area contributed by atoms with Gasteiger partial charge in [0.2, 0.25) is 0 Å². The second-order valence-corrected chi connectivity index (χ2v) is 5.00. The molecule has 1 aliphatic rings. The third-order valence-electron chi connectivity index (χ3n) is 3.15. The lowest BCUT2D eigenvalue weighted by Gasteiger charge is -2.26. The normalized spacial score (nSPS) is 16.7. The number of hydrogen-bond acceptors (Lipinski definition) is 4. The minimum Gasteiger partial charge on any atom is -0.490 e. The summed E-state index contributed by atoms with van der Waals surface area (Å²) in [6.07, 6.45) is 7.62. The van der Waals surface area contributed by atoms with E-state index in [4.69, 9.17) is 14.3 Å². The van der Waals surface area contributed by atoms with E-state index >= 15 is 0 Å². The molecule has 0 bridgehead atoms. The van der Waals surface area contributed by atoms with Gasteiger partial charge in [0, 0.05) is 6.20 Å². The molecule has 1 aliphatic carbocycles. The molecule has 4 nitrogen and oxygen atoms in total. The van der Waals surface area contributed by atoms with E-state index in [1.54, 1.807) is 6.20 Å². The van der Waals surface area contributed by atoms with Gasteiger partial charge in [0.1, 0.15) is 24.2 Å². The monoisotopic (exact) mass is 277 g/mol. The van der Waals surface area contributed by atoms with E-state index in [9.17, 15) is 0 Å². The highest BCUT2D eigenvalue weighted by Crippen LogP contribution is 2.26. The van der Waals surface area contributed by atoms with Crippen LogP contribution in [0.2, 0.25) is 0 Å². The summed E-state index contributed by atoms with van der Waals surface area (Å²) >= 11 is 0. The molecule has 2 rings (SSSR count). The Kier molecular flexibility index (Phi) is 5.74. The molecule has 0 heterocycles. The molecule has 1 aromatic rings. The molecule has 0 aromatic heterocycles. The van der Waals surface area contributed by atoms with Crippen LogP contribution in [0.5, 0.6) is 11.5 Å². The molecule has 20 heavy (non-hydrogen) atoms. The Morgan fingerprint density at radius 3 is 2.55 bits per heavy atom. The van der Waals surface area contributed by atoms with Gasteiger partial charge in [-0.3, -0.25) is 10.3 Å². The highest BCUT2D eigenvalue weighted by molar-refractivity contribution is 5.31. The Morgan fingerprint density at radius 1 is 1.25 bits per heavy atom. The highest BCUT2D eigenvalue weighted by atomic mass is 16.7. The van der Waals surface area contributed by atoms with Gasteiger partial charge in [0.15, 0.2) is 0 Å². The predicted octanol–water partition coefficient (Wildman–Crippen LogP) is 3.44. The molecule has 0 spiro atoms. The Bertz CT molecular complexity index is 412. The number of benzene rings is 1. The molecule has 1 saturated carbocycles. The smallest absolute Gasteiger partial charge is 0.122 e. The number of allylic oxidation sites excluding steroid dienone is 1. The van der Waals surface area contributed by atoms with Crippen molar-refractivity contribution in [3.05, 3.63) is 36.5 Å². The molecular formula is C16H23NO3. The molecule has 0 aliphatic heterocycles. The van der Waals surface area contributed by atoms with E-state index in [0.717, 1.165) is 11.5 Å². The van der Waals surface area contributed by atoms with Crippen molar-refractivity contribution in [3.63, 3.8) is 0 Å². The van der Waals surface area contributed by atoms with Crippen LogP contribution in [0.1, 0.15) is 33.1 Å². The second kappa shape index (κ2) is 7.80. The summed E-state index contributed by atoms with van der Waals surface area (Å²) in [6, 6.07) is 7.78. The Morgan fingerprint density at radius 2 is 1.95 bits per heavy atom. The van der Waals surface area contributed by atoms with Gasteiger partial charge < -0.3 is 9.47 Å². The third kappa shape index (κ3) is 4.78. The van der Waals surface area contributed by atoms with Crippen molar-refractivity contribution >= 4 is 0 Å². The lowest BCUT2D eigenvalue weighted by molar-refractivity contribution is 0.0160. The predicted molar refractivity (Wildman–Crippen MR) is 78.7 cm³/mol. The van der Waals surface area contributed by atoms with Crippen molar-refractivity contribution in [2.45, 2.75) is 45.3 Å². The van der Waals surface area contributed by atoms with Crippen LogP contribution in [-0.4, -0.2) is 18.8 Å².